The Kier molecular flexibility index (Phi) is 5.40. The van der Waals surface area contributed by atoms with Gasteiger partial charge in [0.15, 0.2) is 5.13 Å². The van der Waals surface area contributed by atoms with Crippen LogP contribution in [0.5, 0.6) is 0 Å². The normalized spacial score (nSPS) is 10.5. The number of nitrogens with one attached hydrogen (secondary N) is 1. The van der Waals surface area contributed by atoms with Gasteiger partial charge < -0.3 is 10.1 Å². The molecule has 0 aliphatic carbocycles. The van der Waals surface area contributed by atoms with Crippen molar-refractivity contribution in [2.45, 2.75) is 20.0 Å². The Bertz CT molecular complexity index is 845. The molecular weight excluding hydrogens is 339 g/mol. The van der Waals surface area contributed by atoms with Gasteiger partial charge in [0.1, 0.15) is 12.4 Å². The molecule has 0 saturated carbocycles. The lowest BCUT2D eigenvalue weighted by molar-refractivity contribution is -0.144. The number of benzene rings is 2. The topological polar surface area (TPSA) is 51.2 Å². The Morgan fingerprint density at radius 1 is 1.16 bits per heavy atom. The summed E-state index contributed by atoms with van der Waals surface area (Å²) in [7, 11) is 0. The van der Waals surface area contributed by atoms with Crippen molar-refractivity contribution < 1.29 is 13.9 Å². The molecule has 0 saturated heterocycles. The number of esters is 1. The van der Waals surface area contributed by atoms with Gasteiger partial charge in [-0.05, 0) is 36.8 Å². The highest BCUT2D eigenvalue weighted by Crippen LogP contribution is 2.21. The Balaban J connectivity index is 1.50. The standard InChI is InChI=1S/C19H17FN2O2S/c1-13-2-8-16(9-3-13)21-19-22-17(12-25-19)11-24-18(23)10-14-4-6-15(20)7-5-14/h2-9,12H,10-11H2,1H3,(H,21,22). The second kappa shape index (κ2) is 7.90. The number of hydrogen-bond donors (Lipinski definition) is 1. The van der Waals surface area contributed by atoms with Crippen LogP contribution in [0.15, 0.2) is 53.9 Å². The highest BCUT2D eigenvalue weighted by atomic mass is 32.1. The third kappa shape index (κ3) is 5.12. The first-order valence-electron chi connectivity index (χ1n) is 7.77. The van der Waals surface area contributed by atoms with Crippen LogP contribution in [-0.2, 0) is 22.6 Å². The molecule has 0 radical (unpaired) electrons. The van der Waals surface area contributed by atoms with E-state index < -0.39 is 0 Å². The van der Waals surface area contributed by atoms with E-state index >= 15 is 0 Å². The van der Waals surface area contributed by atoms with Gasteiger partial charge in [0.05, 0.1) is 12.1 Å². The summed E-state index contributed by atoms with van der Waals surface area (Å²) < 4.78 is 18.1. The lowest BCUT2D eigenvalue weighted by Crippen LogP contribution is -2.08. The van der Waals surface area contributed by atoms with Crippen LogP contribution in [0, 0.1) is 12.7 Å². The summed E-state index contributed by atoms with van der Waals surface area (Å²) in [5.74, 6) is -0.694. The molecule has 1 aromatic heterocycles. The predicted molar refractivity (Wildman–Crippen MR) is 96.5 cm³/mol. The van der Waals surface area contributed by atoms with E-state index in [1.54, 1.807) is 12.1 Å². The van der Waals surface area contributed by atoms with Gasteiger partial charge >= 0.3 is 5.97 Å². The van der Waals surface area contributed by atoms with Crippen LogP contribution >= 0.6 is 11.3 Å². The van der Waals surface area contributed by atoms with E-state index in [2.05, 4.69) is 10.3 Å². The summed E-state index contributed by atoms with van der Waals surface area (Å²) >= 11 is 1.45. The van der Waals surface area contributed by atoms with Crippen molar-refractivity contribution in [1.82, 2.24) is 4.98 Å². The van der Waals surface area contributed by atoms with Crippen LogP contribution in [-0.4, -0.2) is 11.0 Å². The maximum Gasteiger partial charge on any atom is 0.310 e. The molecule has 0 atom stereocenters. The Morgan fingerprint density at radius 3 is 2.60 bits per heavy atom. The van der Waals surface area contributed by atoms with Crippen molar-refractivity contribution in [2.24, 2.45) is 0 Å². The zero-order valence-corrected chi connectivity index (χ0v) is 14.5. The molecule has 0 aliphatic heterocycles. The predicted octanol–water partition coefficient (Wildman–Crippen LogP) is 4.62. The number of nitrogens with zero attached hydrogens (tertiary/aromatic N) is 1. The highest BCUT2D eigenvalue weighted by Gasteiger charge is 2.08. The Hall–Kier alpha value is -2.73. The summed E-state index contributed by atoms with van der Waals surface area (Å²) in [6, 6.07) is 13.8. The van der Waals surface area contributed by atoms with Gasteiger partial charge in [-0.3, -0.25) is 4.79 Å². The number of aryl methyl sites for hydroxylation is 1. The zero-order valence-electron chi connectivity index (χ0n) is 13.7. The third-order valence-corrected chi connectivity index (χ3v) is 4.30. The average Bonchev–Trinajstić information content (AvgIpc) is 3.05. The highest BCUT2D eigenvalue weighted by molar-refractivity contribution is 7.13. The number of carbonyl (C=O) groups is 1. The number of rotatable bonds is 6. The van der Waals surface area contributed by atoms with E-state index in [9.17, 15) is 9.18 Å². The van der Waals surface area contributed by atoms with Crippen LogP contribution < -0.4 is 5.32 Å². The van der Waals surface area contributed by atoms with Gasteiger partial charge in [-0.25, -0.2) is 9.37 Å². The van der Waals surface area contributed by atoms with E-state index in [0.29, 0.717) is 11.3 Å². The first kappa shape index (κ1) is 17.1. The fraction of sp³-hybridized carbons (Fsp3) is 0.158. The third-order valence-electron chi connectivity index (χ3n) is 3.50. The minimum absolute atomic E-state index is 0.110. The minimum Gasteiger partial charge on any atom is -0.459 e. The van der Waals surface area contributed by atoms with E-state index in [1.807, 2.05) is 36.6 Å². The van der Waals surface area contributed by atoms with Gasteiger partial charge in [0.25, 0.3) is 0 Å². The fourth-order valence-corrected chi connectivity index (χ4v) is 2.88. The summed E-state index contributed by atoms with van der Waals surface area (Å²) in [5.41, 5.74) is 3.55. The maximum atomic E-state index is 12.8. The molecule has 3 aromatic rings. The quantitative estimate of drug-likeness (QED) is 0.655. The van der Waals surface area contributed by atoms with Crippen molar-refractivity contribution >= 4 is 28.1 Å². The van der Waals surface area contributed by atoms with Gasteiger partial charge in [-0.2, -0.15) is 0 Å². The summed E-state index contributed by atoms with van der Waals surface area (Å²) in [5, 5.41) is 5.81. The average molecular weight is 356 g/mol. The van der Waals surface area contributed by atoms with Gasteiger partial charge in [0, 0.05) is 11.1 Å². The molecule has 2 aromatic carbocycles. The molecule has 0 bridgehead atoms. The molecule has 128 valence electrons. The number of ether oxygens (including phenoxy) is 1. The largest absolute Gasteiger partial charge is 0.459 e. The molecule has 1 heterocycles. The molecule has 0 fully saturated rings. The van der Waals surface area contributed by atoms with Crippen LogP contribution in [0.25, 0.3) is 0 Å². The molecule has 0 amide bonds. The van der Waals surface area contributed by atoms with E-state index in [1.165, 1.54) is 29.0 Å². The van der Waals surface area contributed by atoms with Crippen molar-refractivity contribution in [1.29, 1.82) is 0 Å². The van der Waals surface area contributed by atoms with Crippen LogP contribution in [0.1, 0.15) is 16.8 Å². The molecule has 0 unspecified atom stereocenters. The van der Waals surface area contributed by atoms with Crippen molar-refractivity contribution in [3.63, 3.8) is 0 Å². The minimum atomic E-state index is -0.368. The van der Waals surface area contributed by atoms with E-state index in [-0.39, 0.29) is 24.8 Å². The first-order valence-corrected chi connectivity index (χ1v) is 8.64. The fourth-order valence-electron chi connectivity index (χ4n) is 2.17. The zero-order chi connectivity index (χ0) is 17.6. The molecule has 0 spiro atoms. The number of hydrogen-bond acceptors (Lipinski definition) is 5. The smallest absolute Gasteiger partial charge is 0.310 e. The molecule has 3 rings (SSSR count). The monoisotopic (exact) mass is 356 g/mol. The lowest BCUT2D eigenvalue weighted by atomic mass is 10.1. The van der Waals surface area contributed by atoms with Crippen molar-refractivity contribution in [3.05, 3.63) is 76.5 Å². The maximum absolute atomic E-state index is 12.8. The molecule has 1 N–H and O–H groups in total. The molecule has 25 heavy (non-hydrogen) atoms. The molecular formula is C19H17FN2O2S. The summed E-state index contributed by atoms with van der Waals surface area (Å²) in [4.78, 5) is 16.2. The Labute approximate surface area is 149 Å². The number of anilines is 2. The van der Waals surface area contributed by atoms with E-state index in [0.717, 1.165) is 10.8 Å². The van der Waals surface area contributed by atoms with Crippen LogP contribution in [0.3, 0.4) is 0 Å². The SMILES string of the molecule is Cc1ccc(Nc2nc(COC(=O)Cc3ccc(F)cc3)cs2)cc1. The Morgan fingerprint density at radius 2 is 1.88 bits per heavy atom. The summed E-state index contributed by atoms with van der Waals surface area (Å²) in [6.45, 7) is 2.15. The number of aromatic nitrogens is 1. The number of halogens is 1. The van der Waals surface area contributed by atoms with E-state index in [4.69, 9.17) is 4.74 Å². The van der Waals surface area contributed by atoms with Crippen LogP contribution in [0.4, 0.5) is 15.2 Å². The van der Waals surface area contributed by atoms with Crippen LogP contribution in [0.2, 0.25) is 0 Å². The van der Waals surface area contributed by atoms with Gasteiger partial charge in [0.2, 0.25) is 0 Å². The number of thiazole rings is 1. The summed E-state index contributed by atoms with van der Waals surface area (Å²) in [6.07, 6.45) is 0.110. The first-order chi connectivity index (χ1) is 12.1. The van der Waals surface area contributed by atoms with Crippen molar-refractivity contribution in [2.75, 3.05) is 5.32 Å². The molecule has 0 aliphatic rings. The van der Waals surface area contributed by atoms with Gasteiger partial charge in [-0.15, -0.1) is 11.3 Å². The number of carbonyl (C=O) groups excluding carboxylic acids is 1. The second-order valence-corrected chi connectivity index (χ2v) is 6.46. The molecule has 6 heteroatoms. The van der Waals surface area contributed by atoms with Crippen molar-refractivity contribution in [3.8, 4) is 0 Å². The second-order valence-electron chi connectivity index (χ2n) is 5.60. The van der Waals surface area contributed by atoms with Gasteiger partial charge in [-0.1, -0.05) is 29.8 Å². The molecule has 4 nitrogen and oxygen atoms in total. The lowest BCUT2D eigenvalue weighted by Gasteiger charge is -2.04.